The number of carbonyl (C=O) groups excluding carboxylic acids is 1. The number of rotatable bonds is 4. The van der Waals surface area contributed by atoms with Crippen LogP contribution in [0.5, 0.6) is 0 Å². The number of nitrogens with zero attached hydrogens (tertiary/aromatic N) is 4. The second kappa shape index (κ2) is 6.84. The highest BCUT2D eigenvalue weighted by molar-refractivity contribution is 5.93. The molecule has 1 N–H and O–H groups in total. The molecule has 0 saturated carbocycles. The van der Waals surface area contributed by atoms with Crippen LogP contribution in [0.25, 0.3) is 11.0 Å². The zero-order valence-corrected chi connectivity index (χ0v) is 13.9. The van der Waals surface area contributed by atoms with Crippen molar-refractivity contribution in [3.8, 4) is 0 Å². The quantitative estimate of drug-likeness (QED) is 0.794. The van der Waals surface area contributed by atoms with Crippen molar-refractivity contribution in [1.82, 2.24) is 20.3 Å². The minimum Gasteiger partial charge on any atom is -0.357 e. The molecule has 3 aromatic rings. The number of fused-ring (bicyclic) bond motifs is 1. The van der Waals surface area contributed by atoms with Crippen LogP contribution in [0.15, 0.2) is 48.8 Å². The maximum Gasteiger partial charge on any atom is 0.271 e. The molecule has 1 saturated heterocycles. The molecule has 0 unspecified atom stereocenters. The van der Waals surface area contributed by atoms with Crippen molar-refractivity contribution in [2.24, 2.45) is 0 Å². The standard InChI is InChI=1S/C19H19N5O/c25-19(17-13-20-15-5-1-2-6-16(15)23-17)22-12-14-7-8-18(21-11-14)24-9-3-4-10-24/h1-2,5-8,11,13H,3-4,9-10,12H2,(H,22,25). The summed E-state index contributed by atoms with van der Waals surface area (Å²) in [4.78, 5) is 27.7. The van der Waals surface area contributed by atoms with Gasteiger partial charge in [-0.15, -0.1) is 0 Å². The van der Waals surface area contributed by atoms with E-state index >= 15 is 0 Å². The number of hydrogen-bond donors (Lipinski definition) is 1. The van der Waals surface area contributed by atoms with Crippen LogP contribution in [0.3, 0.4) is 0 Å². The van der Waals surface area contributed by atoms with Gasteiger partial charge in [-0.3, -0.25) is 9.78 Å². The summed E-state index contributed by atoms with van der Waals surface area (Å²) in [6, 6.07) is 11.5. The molecule has 25 heavy (non-hydrogen) atoms. The van der Waals surface area contributed by atoms with E-state index in [0.717, 1.165) is 30.0 Å². The van der Waals surface area contributed by atoms with Crippen LogP contribution in [0.2, 0.25) is 0 Å². The molecule has 1 amide bonds. The molecular weight excluding hydrogens is 314 g/mol. The van der Waals surface area contributed by atoms with Gasteiger partial charge in [0.1, 0.15) is 11.5 Å². The van der Waals surface area contributed by atoms with E-state index in [2.05, 4.69) is 25.2 Å². The highest BCUT2D eigenvalue weighted by atomic mass is 16.1. The van der Waals surface area contributed by atoms with Crippen LogP contribution in [0.4, 0.5) is 5.82 Å². The smallest absolute Gasteiger partial charge is 0.271 e. The first-order valence-corrected chi connectivity index (χ1v) is 8.49. The van der Waals surface area contributed by atoms with Gasteiger partial charge in [0.2, 0.25) is 0 Å². The number of benzene rings is 1. The minimum absolute atomic E-state index is 0.234. The molecule has 0 spiro atoms. The second-order valence-corrected chi connectivity index (χ2v) is 6.15. The van der Waals surface area contributed by atoms with Gasteiger partial charge in [0.25, 0.3) is 5.91 Å². The Bertz CT molecular complexity index is 888. The highest BCUT2D eigenvalue weighted by Gasteiger charge is 2.13. The lowest BCUT2D eigenvalue weighted by atomic mass is 10.2. The Labute approximate surface area is 145 Å². The summed E-state index contributed by atoms with van der Waals surface area (Å²) < 4.78 is 0. The fourth-order valence-electron chi connectivity index (χ4n) is 2.99. The lowest BCUT2D eigenvalue weighted by Gasteiger charge is -2.16. The average Bonchev–Trinajstić information content (AvgIpc) is 3.21. The van der Waals surface area contributed by atoms with Crippen molar-refractivity contribution in [2.45, 2.75) is 19.4 Å². The van der Waals surface area contributed by atoms with Gasteiger partial charge in [0.05, 0.1) is 17.2 Å². The van der Waals surface area contributed by atoms with Gasteiger partial charge in [-0.2, -0.15) is 0 Å². The largest absolute Gasteiger partial charge is 0.357 e. The minimum atomic E-state index is -0.234. The van der Waals surface area contributed by atoms with E-state index in [0.29, 0.717) is 17.8 Å². The number of carbonyl (C=O) groups is 1. The van der Waals surface area contributed by atoms with E-state index in [1.54, 1.807) is 0 Å². The molecule has 6 nitrogen and oxygen atoms in total. The van der Waals surface area contributed by atoms with E-state index in [4.69, 9.17) is 0 Å². The summed E-state index contributed by atoms with van der Waals surface area (Å²) in [7, 11) is 0. The van der Waals surface area contributed by atoms with Crippen LogP contribution in [0.1, 0.15) is 28.9 Å². The van der Waals surface area contributed by atoms with Gasteiger partial charge < -0.3 is 10.2 Å². The Morgan fingerprint density at radius 2 is 1.80 bits per heavy atom. The van der Waals surface area contributed by atoms with Crippen molar-refractivity contribution in [2.75, 3.05) is 18.0 Å². The molecule has 1 aliphatic rings. The molecular formula is C19H19N5O. The number of nitrogens with one attached hydrogen (secondary N) is 1. The molecule has 126 valence electrons. The van der Waals surface area contributed by atoms with Gasteiger partial charge >= 0.3 is 0 Å². The Kier molecular flexibility index (Phi) is 4.24. The number of anilines is 1. The maximum atomic E-state index is 12.3. The lowest BCUT2D eigenvalue weighted by Crippen LogP contribution is -2.24. The predicted octanol–water partition coefficient (Wildman–Crippen LogP) is 2.56. The molecule has 0 aliphatic carbocycles. The van der Waals surface area contributed by atoms with Gasteiger partial charge in [-0.25, -0.2) is 9.97 Å². The topological polar surface area (TPSA) is 71.0 Å². The second-order valence-electron chi connectivity index (χ2n) is 6.15. The monoisotopic (exact) mass is 333 g/mol. The van der Waals surface area contributed by atoms with E-state index < -0.39 is 0 Å². The summed E-state index contributed by atoms with van der Waals surface area (Å²) >= 11 is 0. The van der Waals surface area contributed by atoms with Gasteiger partial charge in [-0.05, 0) is 36.6 Å². The van der Waals surface area contributed by atoms with Crippen molar-refractivity contribution in [3.05, 3.63) is 60.0 Å². The van der Waals surface area contributed by atoms with Crippen molar-refractivity contribution < 1.29 is 4.79 Å². The maximum absolute atomic E-state index is 12.3. The number of aromatic nitrogens is 3. The van der Waals surface area contributed by atoms with E-state index in [9.17, 15) is 4.79 Å². The molecule has 4 rings (SSSR count). The summed E-state index contributed by atoms with van der Waals surface area (Å²) in [5.74, 6) is 0.773. The Morgan fingerprint density at radius 3 is 2.56 bits per heavy atom. The average molecular weight is 333 g/mol. The van der Waals surface area contributed by atoms with E-state index in [1.807, 2.05) is 42.6 Å². The van der Waals surface area contributed by atoms with Gasteiger partial charge in [-0.1, -0.05) is 18.2 Å². The SMILES string of the molecule is O=C(NCc1ccc(N2CCCC2)nc1)c1cnc2ccccc2n1. The summed E-state index contributed by atoms with van der Waals surface area (Å²) in [6.45, 7) is 2.56. The highest BCUT2D eigenvalue weighted by Crippen LogP contribution is 2.17. The first-order chi connectivity index (χ1) is 12.3. The predicted molar refractivity (Wildman–Crippen MR) is 96.4 cm³/mol. The van der Waals surface area contributed by atoms with Crippen LogP contribution >= 0.6 is 0 Å². The zero-order valence-electron chi connectivity index (χ0n) is 13.9. The molecule has 1 aliphatic heterocycles. The molecule has 1 fully saturated rings. The van der Waals surface area contributed by atoms with Crippen LogP contribution in [-0.4, -0.2) is 33.9 Å². The van der Waals surface area contributed by atoms with Crippen molar-refractivity contribution >= 4 is 22.8 Å². The first kappa shape index (κ1) is 15.5. The van der Waals surface area contributed by atoms with Crippen molar-refractivity contribution in [1.29, 1.82) is 0 Å². The third kappa shape index (κ3) is 3.42. The van der Waals surface area contributed by atoms with Gasteiger partial charge in [0, 0.05) is 25.8 Å². The first-order valence-electron chi connectivity index (χ1n) is 8.49. The molecule has 3 heterocycles. The van der Waals surface area contributed by atoms with Crippen molar-refractivity contribution in [3.63, 3.8) is 0 Å². The fourth-order valence-corrected chi connectivity index (χ4v) is 2.99. The van der Waals surface area contributed by atoms with Crippen LogP contribution in [0, 0.1) is 0 Å². The fraction of sp³-hybridized carbons (Fsp3) is 0.263. The third-order valence-electron chi connectivity index (χ3n) is 4.37. The Hall–Kier alpha value is -3.02. The number of pyridine rings is 1. The number of amides is 1. The third-order valence-corrected chi connectivity index (χ3v) is 4.37. The summed E-state index contributed by atoms with van der Waals surface area (Å²) in [5, 5.41) is 2.87. The molecule has 0 atom stereocenters. The molecule has 2 aromatic heterocycles. The molecule has 1 aromatic carbocycles. The van der Waals surface area contributed by atoms with Crippen LogP contribution in [-0.2, 0) is 6.54 Å². The summed E-state index contributed by atoms with van der Waals surface area (Å²) in [5.41, 5.74) is 2.78. The lowest BCUT2D eigenvalue weighted by molar-refractivity contribution is 0.0946. The molecule has 6 heteroatoms. The van der Waals surface area contributed by atoms with E-state index in [1.165, 1.54) is 19.0 Å². The Morgan fingerprint density at radius 1 is 1.00 bits per heavy atom. The van der Waals surface area contributed by atoms with Crippen LogP contribution < -0.4 is 10.2 Å². The normalized spacial score (nSPS) is 14.0. The molecule has 0 radical (unpaired) electrons. The van der Waals surface area contributed by atoms with Gasteiger partial charge in [0.15, 0.2) is 0 Å². The van der Waals surface area contributed by atoms with E-state index in [-0.39, 0.29) is 5.91 Å². The summed E-state index contributed by atoms with van der Waals surface area (Å²) in [6.07, 6.45) is 5.78. The number of hydrogen-bond acceptors (Lipinski definition) is 5. The number of para-hydroxylation sites is 2. The Balaban J connectivity index is 1.40. The molecule has 0 bridgehead atoms. The zero-order chi connectivity index (χ0) is 17.1.